The van der Waals surface area contributed by atoms with E-state index < -0.39 is 35.0 Å². The lowest BCUT2D eigenvalue weighted by molar-refractivity contribution is 0.151. The number of hydrogen-bond donors (Lipinski definition) is 0. The van der Waals surface area contributed by atoms with Crippen LogP contribution in [-0.2, 0) is 21.2 Å². The van der Waals surface area contributed by atoms with Gasteiger partial charge in [-0.05, 0) is 39.3 Å². The minimum absolute atomic E-state index is 0.765. The zero-order valence-corrected chi connectivity index (χ0v) is 17.0. The maximum absolute atomic E-state index is 6.17. The SMILES string of the molecule is CO[Si](C)(OC)O[Si](C)(C)O[Si](C)(C)O[Si](C)C. The number of hydrogen-bond acceptors (Lipinski definition) is 5. The fourth-order valence-corrected chi connectivity index (χ4v) is 15.9. The van der Waals surface area contributed by atoms with Gasteiger partial charge in [-0.2, -0.15) is 0 Å². The van der Waals surface area contributed by atoms with Gasteiger partial charge >= 0.3 is 25.9 Å². The molecule has 0 aliphatic heterocycles. The van der Waals surface area contributed by atoms with Gasteiger partial charge in [0.1, 0.15) is 0 Å². The average molecular weight is 328 g/mol. The van der Waals surface area contributed by atoms with Crippen LogP contribution in [0.2, 0.25) is 45.8 Å². The molecule has 0 aliphatic rings. The van der Waals surface area contributed by atoms with Gasteiger partial charge in [0.05, 0.1) is 0 Å². The monoisotopic (exact) mass is 327 g/mol. The molecule has 1 radical (unpaired) electrons. The first kappa shape index (κ1) is 18.7. The first-order valence-corrected chi connectivity index (χ1v) is 16.2. The molecule has 0 unspecified atom stereocenters. The quantitative estimate of drug-likeness (QED) is 0.641. The molecule has 0 rings (SSSR count). The van der Waals surface area contributed by atoms with Crippen LogP contribution in [0.1, 0.15) is 0 Å². The third-order valence-electron chi connectivity index (χ3n) is 2.11. The van der Waals surface area contributed by atoms with Gasteiger partial charge in [0, 0.05) is 20.8 Å². The predicted molar refractivity (Wildman–Crippen MR) is 81.3 cm³/mol. The molecule has 0 aromatic carbocycles. The molecule has 0 N–H and O–H groups in total. The molecule has 0 spiro atoms. The smallest absolute Gasteiger partial charge is 0.437 e. The van der Waals surface area contributed by atoms with E-state index in [4.69, 9.17) is 21.2 Å². The summed E-state index contributed by atoms with van der Waals surface area (Å²) in [5.74, 6) is 0. The highest BCUT2D eigenvalue weighted by Crippen LogP contribution is 2.22. The van der Waals surface area contributed by atoms with Gasteiger partial charge in [-0.1, -0.05) is 0 Å². The van der Waals surface area contributed by atoms with Crippen LogP contribution in [0.3, 0.4) is 0 Å². The molecule has 0 aromatic heterocycles. The Balaban J connectivity index is 4.64. The minimum atomic E-state index is -2.56. The van der Waals surface area contributed by atoms with Crippen LogP contribution in [-0.4, -0.2) is 49.2 Å². The van der Waals surface area contributed by atoms with E-state index in [1.54, 1.807) is 14.2 Å². The normalized spacial score (nSPS) is 14.3. The lowest BCUT2D eigenvalue weighted by Crippen LogP contribution is -2.56. The molecule has 109 valence electrons. The van der Waals surface area contributed by atoms with Crippen molar-refractivity contribution in [1.29, 1.82) is 0 Å². The van der Waals surface area contributed by atoms with Crippen molar-refractivity contribution in [2.75, 3.05) is 14.2 Å². The highest BCUT2D eigenvalue weighted by molar-refractivity contribution is 6.85. The summed E-state index contributed by atoms with van der Waals surface area (Å²) < 4.78 is 28.8. The van der Waals surface area contributed by atoms with Gasteiger partial charge in [0.15, 0.2) is 9.04 Å². The van der Waals surface area contributed by atoms with E-state index in [9.17, 15) is 0 Å². The second kappa shape index (κ2) is 6.90. The van der Waals surface area contributed by atoms with Gasteiger partial charge in [-0.15, -0.1) is 0 Å². The second-order valence-electron chi connectivity index (χ2n) is 5.28. The van der Waals surface area contributed by atoms with Crippen LogP contribution in [0, 0.1) is 0 Å². The third-order valence-corrected chi connectivity index (χ3v) is 14.6. The molecule has 0 amide bonds. The van der Waals surface area contributed by atoms with Crippen molar-refractivity contribution >= 4 is 35.0 Å². The highest BCUT2D eigenvalue weighted by atomic mass is 28.5. The van der Waals surface area contributed by atoms with Crippen molar-refractivity contribution in [2.24, 2.45) is 0 Å². The Kier molecular flexibility index (Phi) is 7.16. The Labute approximate surface area is 116 Å². The predicted octanol–water partition coefficient (Wildman–Crippen LogP) is 2.55. The van der Waals surface area contributed by atoms with E-state index in [1.165, 1.54) is 0 Å². The number of rotatable bonds is 8. The summed E-state index contributed by atoms with van der Waals surface area (Å²) in [6.07, 6.45) is 0. The third kappa shape index (κ3) is 7.30. The maximum Gasteiger partial charge on any atom is 0.488 e. The van der Waals surface area contributed by atoms with E-state index in [-0.39, 0.29) is 0 Å². The van der Waals surface area contributed by atoms with E-state index in [0.29, 0.717) is 0 Å². The summed E-state index contributed by atoms with van der Waals surface area (Å²) in [6, 6.07) is 0. The van der Waals surface area contributed by atoms with Crippen LogP contribution in [0.5, 0.6) is 0 Å². The molecule has 9 heteroatoms. The van der Waals surface area contributed by atoms with Crippen LogP contribution < -0.4 is 0 Å². The lowest BCUT2D eigenvalue weighted by Gasteiger charge is -2.37. The summed E-state index contributed by atoms with van der Waals surface area (Å²) in [5, 5.41) is 0. The zero-order chi connectivity index (χ0) is 14.6. The Hall–Kier alpha value is 0.668. The molecular weight excluding hydrogens is 300 g/mol. The second-order valence-corrected chi connectivity index (χ2v) is 17.7. The van der Waals surface area contributed by atoms with Crippen LogP contribution in [0.4, 0.5) is 0 Å². The minimum Gasteiger partial charge on any atom is -0.437 e. The van der Waals surface area contributed by atoms with Crippen molar-refractivity contribution in [2.45, 2.75) is 45.8 Å². The fraction of sp³-hybridized carbons (Fsp3) is 1.00. The molecule has 5 nitrogen and oxygen atoms in total. The lowest BCUT2D eigenvalue weighted by atomic mass is 11.8. The van der Waals surface area contributed by atoms with Crippen LogP contribution in [0.15, 0.2) is 0 Å². The molecule has 18 heavy (non-hydrogen) atoms. The molecule has 0 fully saturated rings. The summed E-state index contributed by atoms with van der Waals surface area (Å²) >= 11 is 0. The van der Waals surface area contributed by atoms with Gasteiger partial charge in [-0.25, -0.2) is 0 Å². The molecule has 0 saturated carbocycles. The molecular formula is C9H27O5Si4. The molecule has 0 saturated heterocycles. The fourth-order valence-electron chi connectivity index (χ4n) is 1.74. The van der Waals surface area contributed by atoms with E-state index in [2.05, 4.69) is 26.2 Å². The van der Waals surface area contributed by atoms with Crippen molar-refractivity contribution < 1.29 is 21.2 Å². The summed E-state index contributed by atoms with van der Waals surface area (Å²) in [7, 11) is -4.56. The van der Waals surface area contributed by atoms with Gasteiger partial charge < -0.3 is 21.2 Å². The summed E-state index contributed by atoms with van der Waals surface area (Å²) in [6.45, 7) is 14.2. The molecule has 0 aliphatic carbocycles. The van der Waals surface area contributed by atoms with E-state index in [1.807, 2.05) is 19.6 Å². The van der Waals surface area contributed by atoms with Crippen LogP contribution >= 0.6 is 0 Å². The molecule has 0 bridgehead atoms. The Morgan fingerprint density at radius 1 is 0.722 bits per heavy atom. The van der Waals surface area contributed by atoms with E-state index in [0.717, 1.165) is 0 Å². The maximum atomic E-state index is 6.17. The summed E-state index contributed by atoms with van der Waals surface area (Å²) in [5.41, 5.74) is 0. The van der Waals surface area contributed by atoms with Crippen molar-refractivity contribution in [3.8, 4) is 0 Å². The van der Waals surface area contributed by atoms with E-state index >= 15 is 0 Å². The highest BCUT2D eigenvalue weighted by Gasteiger charge is 2.45. The summed E-state index contributed by atoms with van der Waals surface area (Å²) in [4.78, 5) is 0. The first-order chi connectivity index (χ1) is 7.95. The topological polar surface area (TPSA) is 46.2 Å². The Morgan fingerprint density at radius 2 is 1.17 bits per heavy atom. The largest absolute Gasteiger partial charge is 0.488 e. The van der Waals surface area contributed by atoms with Crippen molar-refractivity contribution in [3.05, 3.63) is 0 Å². The Morgan fingerprint density at radius 3 is 1.50 bits per heavy atom. The van der Waals surface area contributed by atoms with Crippen LogP contribution in [0.25, 0.3) is 0 Å². The van der Waals surface area contributed by atoms with Gasteiger partial charge in [0.2, 0.25) is 0 Å². The van der Waals surface area contributed by atoms with Crippen molar-refractivity contribution in [1.82, 2.24) is 0 Å². The molecule has 0 atom stereocenters. The Bertz CT molecular complexity index is 255. The van der Waals surface area contributed by atoms with Gasteiger partial charge in [-0.3, -0.25) is 0 Å². The standard InChI is InChI=1S/C9H27O5Si4/c1-10-18(9,11-2)14-17(7,8)13-16(5,6)12-15(3)4/h1-9H3. The molecule has 0 heterocycles. The molecule has 0 aromatic rings. The average Bonchev–Trinajstić information content (AvgIpc) is 2.12. The van der Waals surface area contributed by atoms with Crippen molar-refractivity contribution in [3.63, 3.8) is 0 Å². The van der Waals surface area contributed by atoms with Gasteiger partial charge in [0.25, 0.3) is 0 Å². The first-order valence-electron chi connectivity index (χ1n) is 5.95. The zero-order valence-electron chi connectivity index (χ0n) is 13.0.